The molecule has 0 atom stereocenters. The van der Waals surface area contributed by atoms with E-state index in [-0.39, 0.29) is 17.6 Å². The Balaban J connectivity index is 2.41. The molecule has 1 aliphatic rings. The van der Waals surface area contributed by atoms with E-state index in [4.69, 9.17) is 10.5 Å². The molecular weight excluding hydrogens is 178 g/mol. The number of ether oxygens (including phenoxy) is 1. The summed E-state index contributed by atoms with van der Waals surface area (Å²) in [5.74, 6) is 0. The third-order valence-corrected chi connectivity index (χ3v) is 3.17. The van der Waals surface area contributed by atoms with Gasteiger partial charge in [0, 0.05) is 12.0 Å². The highest BCUT2D eigenvalue weighted by Gasteiger charge is 2.34. The molecule has 0 aromatic rings. The van der Waals surface area contributed by atoms with Crippen LogP contribution in [-0.2, 0) is 4.74 Å². The summed E-state index contributed by atoms with van der Waals surface area (Å²) < 4.78 is 5.65. The fourth-order valence-electron chi connectivity index (χ4n) is 1.97. The largest absolute Gasteiger partial charge is 0.393 e. The first-order valence-electron chi connectivity index (χ1n) is 5.58. The topological polar surface area (TPSA) is 55.5 Å². The first kappa shape index (κ1) is 12.0. The van der Waals surface area contributed by atoms with Gasteiger partial charge in [0.2, 0.25) is 0 Å². The van der Waals surface area contributed by atoms with Crippen LogP contribution >= 0.6 is 0 Å². The predicted octanol–water partition coefficient (Wildman–Crippen LogP) is 1.29. The molecule has 0 unspecified atom stereocenters. The van der Waals surface area contributed by atoms with Gasteiger partial charge in [-0.2, -0.15) is 0 Å². The molecule has 0 amide bonds. The van der Waals surface area contributed by atoms with Gasteiger partial charge < -0.3 is 15.6 Å². The molecule has 0 aromatic carbocycles. The summed E-state index contributed by atoms with van der Waals surface area (Å²) in [7, 11) is 0. The molecule has 3 N–H and O–H groups in total. The van der Waals surface area contributed by atoms with E-state index < -0.39 is 0 Å². The van der Waals surface area contributed by atoms with Gasteiger partial charge in [0.1, 0.15) is 0 Å². The van der Waals surface area contributed by atoms with E-state index in [0.717, 1.165) is 32.3 Å². The molecule has 1 saturated carbocycles. The van der Waals surface area contributed by atoms with E-state index in [1.165, 1.54) is 0 Å². The average Bonchev–Trinajstić information content (AvgIpc) is 2.18. The predicted molar refractivity (Wildman–Crippen MR) is 57.1 cm³/mol. The van der Waals surface area contributed by atoms with Crippen LogP contribution in [0.1, 0.15) is 39.5 Å². The molecule has 3 heteroatoms. The van der Waals surface area contributed by atoms with Crippen molar-refractivity contribution in [2.75, 3.05) is 13.2 Å². The molecule has 84 valence electrons. The van der Waals surface area contributed by atoms with Crippen LogP contribution in [0.15, 0.2) is 0 Å². The molecule has 0 bridgehead atoms. The maximum atomic E-state index is 9.43. The summed E-state index contributed by atoms with van der Waals surface area (Å²) >= 11 is 0. The molecule has 0 radical (unpaired) electrons. The van der Waals surface area contributed by atoms with Crippen LogP contribution in [0.2, 0.25) is 0 Å². The van der Waals surface area contributed by atoms with Crippen molar-refractivity contribution >= 4 is 0 Å². The fourth-order valence-corrected chi connectivity index (χ4v) is 1.97. The number of hydrogen-bond acceptors (Lipinski definition) is 3. The zero-order valence-corrected chi connectivity index (χ0v) is 9.33. The number of aliphatic hydroxyl groups is 1. The van der Waals surface area contributed by atoms with Gasteiger partial charge in [-0.15, -0.1) is 0 Å². The minimum atomic E-state index is -0.117. The van der Waals surface area contributed by atoms with Crippen molar-refractivity contribution in [2.24, 2.45) is 11.1 Å². The lowest BCUT2D eigenvalue weighted by molar-refractivity contribution is -0.0267. The highest BCUT2D eigenvalue weighted by atomic mass is 16.5. The summed E-state index contributed by atoms with van der Waals surface area (Å²) in [6.07, 6.45) is 3.89. The quantitative estimate of drug-likeness (QED) is 0.720. The van der Waals surface area contributed by atoms with Crippen molar-refractivity contribution in [3.63, 3.8) is 0 Å². The Labute approximate surface area is 86.6 Å². The highest BCUT2D eigenvalue weighted by Crippen LogP contribution is 2.35. The van der Waals surface area contributed by atoms with Crippen LogP contribution in [0, 0.1) is 5.41 Å². The second kappa shape index (κ2) is 5.10. The van der Waals surface area contributed by atoms with Crippen molar-refractivity contribution in [2.45, 2.75) is 51.7 Å². The summed E-state index contributed by atoms with van der Waals surface area (Å²) in [5, 5.41) is 9.43. The van der Waals surface area contributed by atoms with Crippen LogP contribution in [0.3, 0.4) is 0 Å². The van der Waals surface area contributed by atoms with Crippen molar-refractivity contribution in [3.05, 3.63) is 0 Å². The Morgan fingerprint density at radius 3 is 2.43 bits per heavy atom. The van der Waals surface area contributed by atoms with E-state index in [1.807, 2.05) is 13.8 Å². The maximum Gasteiger partial charge on any atom is 0.0540 e. The van der Waals surface area contributed by atoms with E-state index in [1.54, 1.807) is 0 Å². The molecule has 0 heterocycles. The molecule has 1 rings (SSSR count). The third-order valence-electron chi connectivity index (χ3n) is 3.17. The van der Waals surface area contributed by atoms with Gasteiger partial charge >= 0.3 is 0 Å². The van der Waals surface area contributed by atoms with Crippen LogP contribution in [0.4, 0.5) is 0 Å². The third kappa shape index (κ3) is 3.23. The zero-order valence-electron chi connectivity index (χ0n) is 9.33. The van der Waals surface area contributed by atoms with Crippen molar-refractivity contribution in [1.29, 1.82) is 0 Å². The van der Waals surface area contributed by atoms with E-state index in [9.17, 15) is 5.11 Å². The summed E-state index contributed by atoms with van der Waals surface area (Å²) in [6.45, 7) is 5.50. The molecular formula is C11H23NO2. The smallest absolute Gasteiger partial charge is 0.0540 e. The van der Waals surface area contributed by atoms with Gasteiger partial charge in [0.25, 0.3) is 0 Å². The van der Waals surface area contributed by atoms with Crippen molar-refractivity contribution in [3.8, 4) is 0 Å². The lowest BCUT2D eigenvalue weighted by Crippen LogP contribution is -2.40. The van der Waals surface area contributed by atoms with Crippen LogP contribution in [0.5, 0.6) is 0 Å². The maximum absolute atomic E-state index is 9.43. The van der Waals surface area contributed by atoms with Gasteiger partial charge in [-0.3, -0.25) is 0 Å². The van der Waals surface area contributed by atoms with E-state index >= 15 is 0 Å². The van der Waals surface area contributed by atoms with Gasteiger partial charge in [0.05, 0.1) is 18.8 Å². The SMILES string of the molecule is CC(C)OCC1(CN)CCC(O)CC1. The molecule has 0 aliphatic heterocycles. The highest BCUT2D eigenvalue weighted by molar-refractivity contribution is 4.86. The average molecular weight is 201 g/mol. The second-order valence-corrected chi connectivity index (χ2v) is 4.80. The van der Waals surface area contributed by atoms with Gasteiger partial charge in [-0.05, 0) is 39.5 Å². The van der Waals surface area contributed by atoms with E-state index in [0.29, 0.717) is 6.54 Å². The van der Waals surface area contributed by atoms with Crippen molar-refractivity contribution < 1.29 is 9.84 Å². The standard InChI is InChI=1S/C11H23NO2/c1-9(2)14-8-11(7-12)5-3-10(13)4-6-11/h9-10,13H,3-8,12H2,1-2H3. The van der Waals surface area contributed by atoms with Crippen LogP contribution in [0.25, 0.3) is 0 Å². The lowest BCUT2D eigenvalue weighted by Gasteiger charge is -2.38. The summed E-state index contributed by atoms with van der Waals surface area (Å²) in [4.78, 5) is 0. The summed E-state index contributed by atoms with van der Waals surface area (Å²) in [6, 6.07) is 0. The molecule has 0 aromatic heterocycles. The Morgan fingerprint density at radius 2 is 2.00 bits per heavy atom. The van der Waals surface area contributed by atoms with Crippen LogP contribution in [-0.4, -0.2) is 30.5 Å². The Morgan fingerprint density at radius 1 is 1.43 bits per heavy atom. The molecule has 3 nitrogen and oxygen atoms in total. The van der Waals surface area contributed by atoms with Gasteiger partial charge in [-0.25, -0.2) is 0 Å². The lowest BCUT2D eigenvalue weighted by atomic mass is 9.74. The normalized spacial score (nSPS) is 33.6. The number of aliphatic hydroxyl groups excluding tert-OH is 1. The monoisotopic (exact) mass is 201 g/mol. The minimum absolute atomic E-state index is 0.117. The van der Waals surface area contributed by atoms with Crippen LogP contribution < -0.4 is 5.73 Å². The Bertz CT molecular complexity index is 163. The van der Waals surface area contributed by atoms with Gasteiger partial charge in [0.15, 0.2) is 0 Å². The Hall–Kier alpha value is -0.120. The summed E-state index contributed by atoms with van der Waals surface area (Å²) in [5.41, 5.74) is 5.94. The number of nitrogens with two attached hydrogens (primary N) is 1. The van der Waals surface area contributed by atoms with Gasteiger partial charge in [-0.1, -0.05) is 0 Å². The zero-order chi connectivity index (χ0) is 10.6. The molecule has 0 spiro atoms. The fraction of sp³-hybridized carbons (Fsp3) is 1.00. The van der Waals surface area contributed by atoms with Crippen molar-refractivity contribution in [1.82, 2.24) is 0 Å². The molecule has 1 aliphatic carbocycles. The number of rotatable bonds is 4. The second-order valence-electron chi connectivity index (χ2n) is 4.80. The molecule has 14 heavy (non-hydrogen) atoms. The molecule has 0 saturated heterocycles. The van der Waals surface area contributed by atoms with E-state index in [2.05, 4.69) is 0 Å². The first-order valence-corrected chi connectivity index (χ1v) is 5.58. The first-order chi connectivity index (χ1) is 6.58. The number of hydrogen-bond donors (Lipinski definition) is 2. The minimum Gasteiger partial charge on any atom is -0.393 e. The molecule has 1 fully saturated rings. The Kier molecular flexibility index (Phi) is 4.35.